The molecule has 2 heterocycles. The average Bonchev–Trinajstić information content (AvgIpc) is 3.13. The SMILES string of the molecule is CCCCCC1OCOC2(C)C=C(C)C=CC(=O)OC(C(C)C(O)C(C)C(=O)C=CC(C)C(C)O)C(OC)C=CC=C(C)CC1C2O. The number of cyclic esters (lactones) is 1. The molecular weight excluding hydrogens is 600 g/mol. The van der Waals surface area contributed by atoms with Crippen LogP contribution in [0.4, 0.5) is 0 Å². The highest BCUT2D eigenvalue weighted by Gasteiger charge is 2.44. The normalized spacial score (nSPS) is 31.2. The number of aliphatic hydroxyl groups excluding tert-OH is 3. The molecule has 0 aliphatic carbocycles. The molecule has 0 aromatic heterocycles. The van der Waals surface area contributed by atoms with Gasteiger partial charge in [0.2, 0.25) is 0 Å². The molecule has 0 saturated carbocycles. The average molecular weight is 661 g/mol. The van der Waals surface area contributed by atoms with Crippen molar-refractivity contribution in [3.8, 4) is 0 Å². The zero-order valence-corrected chi connectivity index (χ0v) is 29.9. The number of rotatable bonds is 12. The van der Waals surface area contributed by atoms with E-state index in [-0.39, 0.29) is 30.5 Å². The van der Waals surface area contributed by atoms with Crippen LogP contribution in [-0.2, 0) is 28.5 Å². The summed E-state index contributed by atoms with van der Waals surface area (Å²) < 4.78 is 24.0. The fourth-order valence-corrected chi connectivity index (χ4v) is 6.16. The Morgan fingerprint density at radius 2 is 1.85 bits per heavy atom. The van der Waals surface area contributed by atoms with Crippen molar-refractivity contribution in [2.24, 2.45) is 23.7 Å². The number of fused-ring (bicyclic) bond motifs is 2. The van der Waals surface area contributed by atoms with Gasteiger partial charge in [-0.25, -0.2) is 4.79 Å². The lowest BCUT2D eigenvalue weighted by molar-refractivity contribution is -0.157. The molecule has 3 N–H and O–H groups in total. The summed E-state index contributed by atoms with van der Waals surface area (Å²) in [5.41, 5.74) is 0.652. The number of allylic oxidation sites excluding steroid dienone is 6. The smallest absolute Gasteiger partial charge is 0.331 e. The van der Waals surface area contributed by atoms with Gasteiger partial charge in [-0.15, -0.1) is 0 Å². The summed E-state index contributed by atoms with van der Waals surface area (Å²) in [6.07, 6.45) is 13.4. The number of esters is 1. The second kappa shape index (κ2) is 19.6. The monoisotopic (exact) mass is 660 g/mol. The van der Waals surface area contributed by atoms with Crippen molar-refractivity contribution < 1.29 is 43.9 Å². The summed E-state index contributed by atoms with van der Waals surface area (Å²) in [6, 6.07) is 0. The molecule has 9 heteroatoms. The molecule has 11 unspecified atom stereocenters. The van der Waals surface area contributed by atoms with Crippen LogP contribution in [-0.4, -0.2) is 83.2 Å². The predicted molar refractivity (Wildman–Crippen MR) is 183 cm³/mol. The highest BCUT2D eigenvalue weighted by atomic mass is 16.7. The molecule has 2 bridgehead atoms. The molecule has 11 atom stereocenters. The molecule has 2 rings (SSSR count). The number of ether oxygens (including phenoxy) is 4. The third-order valence-corrected chi connectivity index (χ3v) is 9.64. The number of hydrogen-bond acceptors (Lipinski definition) is 9. The van der Waals surface area contributed by atoms with Crippen LogP contribution in [0.2, 0.25) is 0 Å². The number of unbranched alkanes of at least 4 members (excludes halogenated alkanes) is 2. The van der Waals surface area contributed by atoms with Gasteiger partial charge in [0.15, 0.2) is 5.78 Å². The third-order valence-electron chi connectivity index (χ3n) is 9.64. The quantitative estimate of drug-likeness (QED) is 0.135. The van der Waals surface area contributed by atoms with E-state index in [0.29, 0.717) is 12.0 Å². The minimum absolute atomic E-state index is 0.0484. The van der Waals surface area contributed by atoms with E-state index in [2.05, 4.69) is 6.92 Å². The largest absolute Gasteiger partial charge is 0.456 e. The topological polar surface area (TPSA) is 132 Å². The first-order valence-electron chi connectivity index (χ1n) is 17.1. The van der Waals surface area contributed by atoms with Gasteiger partial charge in [-0.3, -0.25) is 4.79 Å². The Morgan fingerprint density at radius 3 is 2.49 bits per heavy atom. The lowest BCUT2D eigenvalue weighted by Crippen LogP contribution is -2.46. The molecule has 1 saturated heterocycles. The molecule has 0 amide bonds. The van der Waals surface area contributed by atoms with Crippen LogP contribution in [0.3, 0.4) is 0 Å². The van der Waals surface area contributed by atoms with E-state index >= 15 is 0 Å². The Hall–Kier alpha value is -2.40. The minimum atomic E-state index is -1.15. The first-order chi connectivity index (χ1) is 22.1. The van der Waals surface area contributed by atoms with E-state index in [9.17, 15) is 24.9 Å². The van der Waals surface area contributed by atoms with Crippen LogP contribution in [0.25, 0.3) is 0 Å². The zero-order valence-electron chi connectivity index (χ0n) is 29.9. The number of carbonyl (C=O) groups excluding carboxylic acids is 2. The molecule has 9 nitrogen and oxygen atoms in total. The van der Waals surface area contributed by atoms with Crippen molar-refractivity contribution in [3.05, 3.63) is 59.8 Å². The Morgan fingerprint density at radius 1 is 1.15 bits per heavy atom. The Kier molecular flexibility index (Phi) is 17.0. The van der Waals surface area contributed by atoms with E-state index in [0.717, 1.165) is 31.3 Å². The van der Waals surface area contributed by atoms with E-state index in [4.69, 9.17) is 18.9 Å². The predicted octanol–water partition coefficient (Wildman–Crippen LogP) is 5.79. The summed E-state index contributed by atoms with van der Waals surface area (Å²) in [5.74, 6) is -2.88. The Balaban J connectivity index is 2.48. The number of methoxy groups -OCH3 is 1. The standard InChI is InChI=1S/C38H60O9/c1-10-11-12-15-32-30-21-24(2)14-13-16-33(44-9)36(28(6)35(42)27(5)31(40)19-18-26(4)29(7)39)47-34(41)20-17-25(3)22-38(8,37(30)43)46-23-45-32/h13-14,16-20,22,26-30,32-33,35-37,39,42-43H,10-12,15,21,23H2,1-9H3. The van der Waals surface area contributed by atoms with Gasteiger partial charge in [0.25, 0.3) is 0 Å². The van der Waals surface area contributed by atoms with Gasteiger partial charge in [0, 0.05) is 36.9 Å². The lowest BCUT2D eigenvalue weighted by Gasteiger charge is -2.36. The minimum Gasteiger partial charge on any atom is -0.456 e. The van der Waals surface area contributed by atoms with Gasteiger partial charge in [0.05, 0.1) is 24.4 Å². The first-order valence-corrected chi connectivity index (χ1v) is 17.1. The number of carbonyl (C=O) groups is 2. The molecule has 2 aliphatic rings. The fraction of sp³-hybridized carbons (Fsp3) is 0.684. The number of ketones is 1. The van der Waals surface area contributed by atoms with E-state index in [1.807, 2.05) is 39.0 Å². The Bertz CT molecular complexity index is 1150. The van der Waals surface area contributed by atoms with Crippen LogP contribution < -0.4 is 0 Å². The summed E-state index contributed by atoms with van der Waals surface area (Å²) in [4.78, 5) is 26.1. The lowest BCUT2D eigenvalue weighted by atomic mass is 9.79. The molecule has 47 heavy (non-hydrogen) atoms. The zero-order chi connectivity index (χ0) is 35.3. The van der Waals surface area contributed by atoms with Gasteiger partial charge < -0.3 is 34.3 Å². The van der Waals surface area contributed by atoms with Crippen molar-refractivity contribution >= 4 is 11.8 Å². The van der Waals surface area contributed by atoms with E-state index in [1.165, 1.54) is 19.3 Å². The molecule has 1 fully saturated rings. The molecule has 0 spiro atoms. The van der Waals surface area contributed by atoms with Crippen molar-refractivity contribution in [1.29, 1.82) is 0 Å². The molecule has 266 valence electrons. The molecule has 0 aromatic rings. The maximum Gasteiger partial charge on any atom is 0.331 e. The van der Waals surface area contributed by atoms with Crippen LogP contribution in [0, 0.1) is 23.7 Å². The van der Waals surface area contributed by atoms with E-state index < -0.39 is 53.9 Å². The Labute approximate surface area is 282 Å². The molecular formula is C38H60O9. The summed E-state index contributed by atoms with van der Waals surface area (Å²) in [7, 11) is 1.50. The second-order valence-electron chi connectivity index (χ2n) is 13.7. The van der Waals surface area contributed by atoms with Gasteiger partial charge in [-0.2, -0.15) is 0 Å². The van der Waals surface area contributed by atoms with Gasteiger partial charge in [0.1, 0.15) is 24.6 Å². The summed E-state index contributed by atoms with van der Waals surface area (Å²) in [5, 5.41) is 32.8. The highest BCUT2D eigenvalue weighted by Crippen LogP contribution is 2.36. The van der Waals surface area contributed by atoms with Crippen LogP contribution in [0.5, 0.6) is 0 Å². The van der Waals surface area contributed by atoms with Crippen LogP contribution in [0.1, 0.15) is 87.5 Å². The van der Waals surface area contributed by atoms with Gasteiger partial charge in [-0.05, 0) is 52.7 Å². The van der Waals surface area contributed by atoms with Crippen molar-refractivity contribution in [2.75, 3.05) is 13.9 Å². The fourth-order valence-electron chi connectivity index (χ4n) is 6.16. The molecule has 0 aromatic carbocycles. The highest BCUT2D eigenvalue weighted by molar-refractivity contribution is 5.92. The van der Waals surface area contributed by atoms with Crippen LogP contribution in [0.15, 0.2) is 59.8 Å². The van der Waals surface area contributed by atoms with Crippen molar-refractivity contribution in [2.45, 2.75) is 130 Å². The third kappa shape index (κ3) is 12.2. The maximum atomic E-state index is 13.2. The maximum absolute atomic E-state index is 13.2. The van der Waals surface area contributed by atoms with Gasteiger partial charge >= 0.3 is 5.97 Å². The number of aliphatic hydroxyl groups is 3. The molecule has 0 radical (unpaired) electrons. The van der Waals surface area contributed by atoms with E-state index in [1.54, 1.807) is 45.9 Å². The van der Waals surface area contributed by atoms with Crippen LogP contribution >= 0.6 is 0 Å². The van der Waals surface area contributed by atoms with Gasteiger partial charge in [-0.1, -0.05) is 88.5 Å². The number of hydrogen-bond donors (Lipinski definition) is 3. The summed E-state index contributed by atoms with van der Waals surface area (Å²) >= 11 is 0. The summed E-state index contributed by atoms with van der Waals surface area (Å²) in [6.45, 7) is 14.7. The van der Waals surface area contributed by atoms with Crippen molar-refractivity contribution in [3.63, 3.8) is 0 Å². The van der Waals surface area contributed by atoms with Crippen molar-refractivity contribution in [1.82, 2.24) is 0 Å². The second-order valence-corrected chi connectivity index (χ2v) is 13.7. The first kappa shape index (κ1) is 40.8. The molecule has 2 aliphatic heterocycles.